The Bertz CT molecular complexity index is 309. The first kappa shape index (κ1) is 14.9. The third-order valence-electron chi connectivity index (χ3n) is 3.76. The molecule has 1 aliphatic carbocycles. The highest BCUT2D eigenvalue weighted by Crippen LogP contribution is 2.26. The van der Waals surface area contributed by atoms with Crippen LogP contribution in [0.1, 0.15) is 46.0 Å². The molecule has 1 amide bonds. The Balaban J connectivity index is 2.58. The van der Waals surface area contributed by atoms with Crippen LogP contribution in [0, 0.1) is 11.8 Å². The van der Waals surface area contributed by atoms with Crippen LogP contribution in [0.15, 0.2) is 0 Å². The maximum atomic E-state index is 13.2. The van der Waals surface area contributed by atoms with Gasteiger partial charge in [0.1, 0.15) is 12.2 Å². The molecule has 0 aromatic heterocycles. The molecule has 1 aliphatic rings. The summed E-state index contributed by atoms with van der Waals surface area (Å²) in [6.07, 6.45) is 1.82. The Kier molecular flexibility index (Phi) is 5.56. The molecule has 0 radical (unpaired) electrons. The molecule has 0 spiro atoms. The molecule has 0 saturated heterocycles. The topological polar surface area (TPSA) is 66.4 Å². The van der Waals surface area contributed by atoms with Crippen molar-refractivity contribution in [1.82, 2.24) is 5.32 Å². The Morgan fingerprint density at radius 1 is 1.44 bits per heavy atom. The third kappa shape index (κ3) is 3.96. The van der Waals surface area contributed by atoms with Gasteiger partial charge in [-0.2, -0.15) is 0 Å². The highest BCUT2D eigenvalue weighted by atomic mass is 19.1. The summed E-state index contributed by atoms with van der Waals surface area (Å²) < 4.78 is 13.2. The van der Waals surface area contributed by atoms with E-state index in [4.69, 9.17) is 5.11 Å². The fourth-order valence-corrected chi connectivity index (χ4v) is 2.32. The molecular weight excluding hydrogens is 237 g/mol. The van der Waals surface area contributed by atoms with Gasteiger partial charge in [0.05, 0.1) is 0 Å². The number of hydrogen-bond acceptors (Lipinski definition) is 2. The van der Waals surface area contributed by atoms with E-state index in [0.717, 1.165) is 0 Å². The molecule has 1 fully saturated rings. The molecule has 0 aromatic rings. The number of carboxylic acids is 1. The molecule has 0 aliphatic heterocycles. The summed E-state index contributed by atoms with van der Waals surface area (Å²) in [6, 6.07) is -0.873. The van der Waals surface area contributed by atoms with Crippen LogP contribution in [-0.4, -0.2) is 29.2 Å². The molecule has 1 saturated carbocycles. The van der Waals surface area contributed by atoms with Crippen molar-refractivity contribution in [1.29, 1.82) is 0 Å². The van der Waals surface area contributed by atoms with Gasteiger partial charge in [0.25, 0.3) is 0 Å². The molecule has 0 heterocycles. The summed E-state index contributed by atoms with van der Waals surface area (Å²) >= 11 is 0. The van der Waals surface area contributed by atoms with Gasteiger partial charge in [-0.05, 0) is 31.6 Å². The summed E-state index contributed by atoms with van der Waals surface area (Å²) in [6.45, 7) is 3.67. The highest BCUT2D eigenvalue weighted by Gasteiger charge is 2.31. The number of halogens is 1. The van der Waals surface area contributed by atoms with Crippen molar-refractivity contribution < 1.29 is 19.1 Å². The van der Waals surface area contributed by atoms with Crippen LogP contribution < -0.4 is 5.32 Å². The minimum absolute atomic E-state index is 0.129. The second-order valence-electron chi connectivity index (χ2n) is 5.17. The standard InChI is InChI=1S/C13H22FNO3/c1-3-8(2)11(13(17)18)15-12(16)9-5-4-6-10(14)7-9/h8-11H,3-7H2,1-2H3,(H,15,16)(H,17,18)/t8-,9?,10?,11-/m0/s1. The van der Waals surface area contributed by atoms with E-state index in [2.05, 4.69) is 5.32 Å². The fourth-order valence-electron chi connectivity index (χ4n) is 2.32. The molecular formula is C13H22FNO3. The summed E-state index contributed by atoms with van der Waals surface area (Å²) in [4.78, 5) is 23.0. The predicted octanol–water partition coefficient (Wildman–Crippen LogP) is 2.13. The molecule has 2 N–H and O–H groups in total. The number of carbonyl (C=O) groups is 2. The predicted molar refractivity (Wildman–Crippen MR) is 65.9 cm³/mol. The Hall–Kier alpha value is -1.13. The van der Waals surface area contributed by atoms with Crippen LogP contribution in [0.2, 0.25) is 0 Å². The van der Waals surface area contributed by atoms with E-state index in [9.17, 15) is 14.0 Å². The van der Waals surface area contributed by atoms with Crippen LogP contribution in [0.25, 0.3) is 0 Å². The van der Waals surface area contributed by atoms with Gasteiger partial charge in [-0.25, -0.2) is 9.18 Å². The molecule has 1 rings (SSSR count). The number of nitrogens with one attached hydrogen (secondary N) is 1. The van der Waals surface area contributed by atoms with Crippen molar-refractivity contribution in [2.75, 3.05) is 0 Å². The maximum Gasteiger partial charge on any atom is 0.326 e. The monoisotopic (exact) mass is 259 g/mol. The molecule has 2 unspecified atom stereocenters. The van der Waals surface area contributed by atoms with E-state index in [-0.39, 0.29) is 24.2 Å². The van der Waals surface area contributed by atoms with Crippen LogP contribution in [-0.2, 0) is 9.59 Å². The number of carboxylic acid groups (broad SMARTS) is 1. The zero-order valence-corrected chi connectivity index (χ0v) is 11.0. The molecule has 18 heavy (non-hydrogen) atoms. The number of amides is 1. The van der Waals surface area contributed by atoms with Crippen molar-refractivity contribution in [3.63, 3.8) is 0 Å². The van der Waals surface area contributed by atoms with Gasteiger partial charge >= 0.3 is 5.97 Å². The summed E-state index contributed by atoms with van der Waals surface area (Å²) in [5.41, 5.74) is 0. The average molecular weight is 259 g/mol. The third-order valence-corrected chi connectivity index (χ3v) is 3.76. The summed E-state index contributed by atoms with van der Waals surface area (Å²) in [5, 5.41) is 11.6. The Morgan fingerprint density at radius 3 is 2.61 bits per heavy atom. The fraction of sp³-hybridized carbons (Fsp3) is 0.846. The minimum atomic E-state index is -1.02. The second kappa shape index (κ2) is 6.71. The van der Waals surface area contributed by atoms with Crippen molar-refractivity contribution in [2.24, 2.45) is 11.8 Å². The Morgan fingerprint density at radius 2 is 2.11 bits per heavy atom. The largest absolute Gasteiger partial charge is 0.480 e. The van der Waals surface area contributed by atoms with Crippen molar-refractivity contribution in [3.8, 4) is 0 Å². The van der Waals surface area contributed by atoms with E-state index >= 15 is 0 Å². The van der Waals surface area contributed by atoms with Gasteiger partial charge in [-0.3, -0.25) is 4.79 Å². The van der Waals surface area contributed by atoms with Crippen molar-refractivity contribution in [2.45, 2.75) is 58.2 Å². The smallest absolute Gasteiger partial charge is 0.326 e. The van der Waals surface area contributed by atoms with Crippen LogP contribution >= 0.6 is 0 Å². The van der Waals surface area contributed by atoms with E-state index in [1.54, 1.807) is 6.92 Å². The van der Waals surface area contributed by atoms with E-state index in [0.29, 0.717) is 25.7 Å². The minimum Gasteiger partial charge on any atom is -0.480 e. The lowest BCUT2D eigenvalue weighted by Gasteiger charge is -2.27. The first-order chi connectivity index (χ1) is 8.45. The van der Waals surface area contributed by atoms with Crippen LogP contribution in [0.3, 0.4) is 0 Å². The normalized spacial score (nSPS) is 27.3. The lowest BCUT2D eigenvalue weighted by Crippen LogP contribution is -2.48. The van der Waals surface area contributed by atoms with Crippen molar-refractivity contribution in [3.05, 3.63) is 0 Å². The van der Waals surface area contributed by atoms with Crippen molar-refractivity contribution >= 4 is 11.9 Å². The van der Waals surface area contributed by atoms with Gasteiger partial charge in [-0.15, -0.1) is 0 Å². The number of rotatable bonds is 5. The highest BCUT2D eigenvalue weighted by molar-refractivity contribution is 5.85. The molecule has 0 aromatic carbocycles. The lowest BCUT2D eigenvalue weighted by atomic mass is 9.87. The van der Waals surface area contributed by atoms with Crippen LogP contribution in [0.4, 0.5) is 4.39 Å². The second-order valence-corrected chi connectivity index (χ2v) is 5.17. The van der Waals surface area contributed by atoms with E-state index in [1.165, 1.54) is 0 Å². The first-order valence-electron chi connectivity index (χ1n) is 6.63. The zero-order chi connectivity index (χ0) is 13.7. The molecule has 4 nitrogen and oxygen atoms in total. The number of hydrogen-bond donors (Lipinski definition) is 2. The zero-order valence-electron chi connectivity index (χ0n) is 11.0. The van der Waals surface area contributed by atoms with Gasteiger partial charge in [0.15, 0.2) is 0 Å². The summed E-state index contributed by atoms with van der Waals surface area (Å²) in [5.74, 6) is -1.84. The lowest BCUT2D eigenvalue weighted by molar-refractivity contribution is -0.144. The SMILES string of the molecule is CC[C@H](C)[C@H](NC(=O)C1CCCC(F)C1)C(=O)O. The van der Waals surface area contributed by atoms with Gasteiger partial charge in [-0.1, -0.05) is 20.3 Å². The van der Waals surface area contributed by atoms with Gasteiger partial charge in [0, 0.05) is 5.92 Å². The van der Waals surface area contributed by atoms with Crippen LogP contribution in [0.5, 0.6) is 0 Å². The first-order valence-corrected chi connectivity index (χ1v) is 6.63. The average Bonchev–Trinajstić information content (AvgIpc) is 2.34. The van der Waals surface area contributed by atoms with Gasteiger partial charge < -0.3 is 10.4 Å². The number of alkyl halides is 1. The molecule has 104 valence electrons. The molecule has 5 heteroatoms. The quantitative estimate of drug-likeness (QED) is 0.794. The van der Waals surface area contributed by atoms with E-state index in [1.807, 2.05) is 6.92 Å². The molecule has 0 bridgehead atoms. The molecule has 4 atom stereocenters. The van der Waals surface area contributed by atoms with Gasteiger partial charge in [0.2, 0.25) is 5.91 Å². The van der Waals surface area contributed by atoms with E-state index < -0.39 is 18.2 Å². The number of aliphatic carboxylic acids is 1. The maximum absolute atomic E-state index is 13.2. The number of carbonyl (C=O) groups excluding carboxylic acids is 1. The Labute approximate surface area is 107 Å². The summed E-state index contributed by atoms with van der Waals surface area (Å²) in [7, 11) is 0.